The number of hydrogen-bond donors (Lipinski definition) is 1. The van der Waals surface area contributed by atoms with Crippen LogP contribution in [0.25, 0.3) is 10.8 Å². The minimum atomic E-state index is -1.82. The summed E-state index contributed by atoms with van der Waals surface area (Å²) in [5.74, 6) is -2.48. The molecule has 8 nitrogen and oxygen atoms in total. The van der Waals surface area contributed by atoms with Crippen LogP contribution in [0.3, 0.4) is 0 Å². The van der Waals surface area contributed by atoms with Gasteiger partial charge in [-0.05, 0) is 87.6 Å². The highest BCUT2D eigenvalue weighted by Crippen LogP contribution is 2.78. The van der Waals surface area contributed by atoms with Crippen LogP contribution < -0.4 is 9.64 Å². The third-order valence-electron chi connectivity index (χ3n) is 12.3. The number of carbonyl (C=O) groups is 2. The number of benzene rings is 4. The maximum Gasteiger partial charge on any atom is 0.320 e. The zero-order chi connectivity index (χ0) is 32.6. The van der Waals surface area contributed by atoms with Gasteiger partial charge in [-0.3, -0.25) is 19.7 Å². The Balaban J connectivity index is 1.49. The Kier molecular flexibility index (Phi) is 6.78. The standard InChI is InChI=1S/C38H38N2O6/c1-36(2)30-20-21-37(36,3)32(29-11-7-9-23-8-5-6-10-28(23)29)33(30)38(35(42)43)31(24-12-14-26(15-13-24)40(44)45)22-39(34(38)41)25-16-18-27(46-4)19-17-25/h5-19,30-33H,20-22H2,1-4H3,(H,42,43)/t30-,31-,32?,33+,37-,38-/m1/s1. The Morgan fingerprint density at radius 1 is 0.957 bits per heavy atom. The second-order valence-corrected chi connectivity index (χ2v) is 14.0. The number of hydrogen-bond acceptors (Lipinski definition) is 5. The Morgan fingerprint density at radius 3 is 2.28 bits per heavy atom. The number of rotatable bonds is 7. The lowest BCUT2D eigenvalue weighted by atomic mass is 9.54. The molecule has 236 valence electrons. The predicted octanol–water partition coefficient (Wildman–Crippen LogP) is 7.81. The van der Waals surface area contributed by atoms with Crippen LogP contribution in [0.15, 0.2) is 91.0 Å². The molecule has 4 aromatic carbocycles. The lowest BCUT2D eigenvalue weighted by Gasteiger charge is -2.46. The zero-order valence-electron chi connectivity index (χ0n) is 26.5. The Morgan fingerprint density at radius 2 is 1.63 bits per heavy atom. The van der Waals surface area contributed by atoms with Gasteiger partial charge in [0, 0.05) is 30.3 Å². The number of ether oxygens (including phenoxy) is 1. The lowest BCUT2D eigenvalue weighted by Crippen LogP contribution is -2.53. The molecule has 3 fully saturated rings. The highest BCUT2D eigenvalue weighted by molar-refractivity contribution is 6.13. The van der Waals surface area contributed by atoms with Gasteiger partial charge in [-0.25, -0.2) is 0 Å². The van der Waals surface area contributed by atoms with Crippen LogP contribution in [-0.4, -0.2) is 35.6 Å². The van der Waals surface area contributed by atoms with Crippen molar-refractivity contribution in [3.05, 3.63) is 112 Å². The van der Waals surface area contributed by atoms with Gasteiger partial charge >= 0.3 is 5.97 Å². The van der Waals surface area contributed by atoms with E-state index in [1.807, 2.05) is 18.2 Å². The molecular formula is C38H38N2O6. The van der Waals surface area contributed by atoms with Crippen LogP contribution in [-0.2, 0) is 9.59 Å². The molecule has 8 heteroatoms. The number of methoxy groups -OCH3 is 1. The van der Waals surface area contributed by atoms with Gasteiger partial charge in [-0.2, -0.15) is 0 Å². The average molecular weight is 619 g/mol. The molecule has 0 spiro atoms. The number of anilines is 1. The van der Waals surface area contributed by atoms with Crippen molar-refractivity contribution < 1.29 is 24.4 Å². The van der Waals surface area contributed by atoms with Crippen molar-refractivity contribution >= 4 is 34.0 Å². The summed E-state index contributed by atoms with van der Waals surface area (Å²) in [7, 11) is 1.57. The fourth-order valence-electron chi connectivity index (χ4n) is 9.74. The number of nitrogens with zero attached hydrogens (tertiary/aromatic N) is 2. The summed E-state index contributed by atoms with van der Waals surface area (Å²) in [5, 5.41) is 25.3. The van der Waals surface area contributed by atoms with Crippen molar-refractivity contribution in [3.63, 3.8) is 0 Å². The number of carboxylic acid groups (broad SMARTS) is 1. The first kappa shape index (κ1) is 30.0. The molecule has 0 radical (unpaired) electrons. The highest BCUT2D eigenvalue weighted by Gasteiger charge is 2.76. The van der Waals surface area contributed by atoms with Gasteiger partial charge in [0.1, 0.15) is 5.75 Å². The monoisotopic (exact) mass is 618 g/mol. The molecule has 2 aliphatic carbocycles. The number of nitro groups is 1. The summed E-state index contributed by atoms with van der Waals surface area (Å²) in [4.78, 5) is 42.1. The van der Waals surface area contributed by atoms with Crippen molar-refractivity contribution in [2.75, 3.05) is 18.6 Å². The number of nitro benzene ring substituents is 1. The Bertz CT molecular complexity index is 1860. The molecular weight excluding hydrogens is 580 g/mol. The molecule has 6 atom stereocenters. The summed E-state index contributed by atoms with van der Waals surface area (Å²) in [6.45, 7) is 6.92. The van der Waals surface area contributed by atoms with Crippen LogP contribution in [0.1, 0.15) is 56.6 Å². The quantitative estimate of drug-likeness (QED) is 0.129. The number of fused-ring (bicyclic) bond motifs is 3. The van der Waals surface area contributed by atoms with Crippen molar-refractivity contribution in [1.29, 1.82) is 0 Å². The van der Waals surface area contributed by atoms with Gasteiger partial charge in [0.05, 0.1) is 12.0 Å². The summed E-state index contributed by atoms with van der Waals surface area (Å²) in [5.41, 5.74) is -0.144. The lowest BCUT2D eigenvalue weighted by molar-refractivity contribution is -0.384. The Labute approximate surface area is 268 Å². The van der Waals surface area contributed by atoms with E-state index in [1.54, 1.807) is 48.4 Å². The van der Waals surface area contributed by atoms with Crippen molar-refractivity contribution in [2.45, 2.75) is 45.4 Å². The van der Waals surface area contributed by atoms with Gasteiger partial charge in [0.15, 0.2) is 5.41 Å². The maximum atomic E-state index is 15.2. The topological polar surface area (TPSA) is 110 Å². The summed E-state index contributed by atoms with van der Waals surface area (Å²) < 4.78 is 5.35. The molecule has 2 saturated carbocycles. The van der Waals surface area contributed by atoms with E-state index >= 15 is 4.79 Å². The Hall–Kier alpha value is -4.72. The molecule has 0 aromatic heterocycles. The SMILES string of the molecule is COc1ccc(N2C[C@H](c3ccc([N+](=O)[O-])cc3)[C@@](C(=O)O)([C@@H]3C(c4cccc5ccccc45)[C@@]4(C)CC[C@H]3C4(C)C)C2=O)cc1. The van der Waals surface area contributed by atoms with Crippen LogP contribution in [0.5, 0.6) is 5.75 Å². The summed E-state index contributed by atoms with van der Waals surface area (Å²) in [6, 6.07) is 27.7. The van der Waals surface area contributed by atoms with E-state index in [0.29, 0.717) is 17.0 Å². The highest BCUT2D eigenvalue weighted by atomic mass is 16.6. The number of aliphatic carboxylic acids is 1. The molecule has 7 rings (SSSR count). The summed E-state index contributed by atoms with van der Waals surface area (Å²) in [6.07, 6.45) is 1.76. The van der Waals surface area contributed by atoms with E-state index in [-0.39, 0.29) is 34.9 Å². The van der Waals surface area contributed by atoms with Gasteiger partial charge < -0.3 is 14.7 Å². The van der Waals surface area contributed by atoms with Crippen molar-refractivity contribution in [2.24, 2.45) is 28.1 Å². The second kappa shape index (κ2) is 10.4. The van der Waals surface area contributed by atoms with Crippen LogP contribution in [0.2, 0.25) is 0 Å². The first-order valence-corrected chi connectivity index (χ1v) is 15.9. The van der Waals surface area contributed by atoms with E-state index in [0.717, 1.165) is 29.2 Å². The molecule has 1 amide bonds. The molecule has 4 aromatic rings. The molecule has 1 heterocycles. The minimum Gasteiger partial charge on any atom is -0.497 e. The van der Waals surface area contributed by atoms with E-state index in [2.05, 4.69) is 45.0 Å². The van der Waals surface area contributed by atoms with Crippen LogP contribution >= 0.6 is 0 Å². The van der Waals surface area contributed by atoms with Crippen LogP contribution in [0.4, 0.5) is 11.4 Å². The van der Waals surface area contributed by atoms with Crippen molar-refractivity contribution in [1.82, 2.24) is 0 Å². The third-order valence-corrected chi connectivity index (χ3v) is 12.3. The second-order valence-electron chi connectivity index (χ2n) is 14.0. The van der Waals surface area contributed by atoms with Crippen molar-refractivity contribution in [3.8, 4) is 5.75 Å². The number of carbonyl (C=O) groups excluding carboxylic acids is 1. The number of carboxylic acids is 1. The number of non-ortho nitro benzene ring substituents is 1. The van der Waals surface area contributed by atoms with E-state index in [4.69, 9.17) is 4.74 Å². The molecule has 1 unspecified atom stereocenters. The first-order valence-electron chi connectivity index (χ1n) is 15.9. The number of amides is 1. The zero-order valence-corrected chi connectivity index (χ0v) is 26.5. The van der Waals surface area contributed by atoms with Gasteiger partial charge in [-0.15, -0.1) is 0 Å². The van der Waals surface area contributed by atoms with Gasteiger partial charge in [0.2, 0.25) is 5.91 Å². The predicted molar refractivity (Wildman–Crippen MR) is 176 cm³/mol. The van der Waals surface area contributed by atoms with E-state index in [9.17, 15) is 20.0 Å². The average Bonchev–Trinajstić information content (AvgIpc) is 3.56. The normalized spacial score (nSPS) is 29.7. The first-order chi connectivity index (χ1) is 22.0. The largest absolute Gasteiger partial charge is 0.497 e. The molecule has 3 aliphatic rings. The van der Waals surface area contributed by atoms with E-state index in [1.165, 1.54) is 12.1 Å². The van der Waals surface area contributed by atoms with E-state index < -0.39 is 34.1 Å². The van der Waals surface area contributed by atoms with Gasteiger partial charge in [-0.1, -0.05) is 75.4 Å². The summed E-state index contributed by atoms with van der Waals surface area (Å²) >= 11 is 0. The smallest absolute Gasteiger partial charge is 0.320 e. The molecule has 1 saturated heterocycles. The molecule has 1 N–H and O–H groups in total. The molecule has 46 heavy (non-hydrogen) atoms. The maximum absolute atomic E-state index is 15.2. The fraction of sp³-hybridized carbons (Fsp3) is 0.368. The van der Waals surface area contributed by atoms with Crippen LogP contribution in [0, 0.1) is 38.2 Å². The van der Waals surface area contributed by atoms with Gasteiger partial charge in [0.25, 0.3) is 5.69 Å². The third kappa shape index (κ3) is 3.91. The molecule has 1 aliphatic heterocycles. The minimum absolute atomic E-state index is 0.0436. The fourth-order valence-corrected chi connectivity index (χ4v) is 9.74. The molecule has 2 bridgehead atoms.